The van der Waals surface area contributed by atoms with Crippen LogP contribution in [0.4, 0.5) is 10.5 Å². The van der Waals surface area contributed by atoms with Gasteiger partial charge in [-0.1, -0.05) is 35.9 Å². The molecule has 0 saturated carbocycles. The molecule has 0 unspecified atom stereocenters. The van der Waals surface area contributed by atoms with Crippen LogP contribution in [0, 0.1) is 20.8 Å². The van der Waals surface area contributed by atoms with Gasteiger partial charge in [-0.3, -0.25) is 0 Å². The zero-order valence-corrected chi connectivity index (χ0v) is 16.5. The number of benzene rings is 2. The summed E-state index contributed by atoms with van der Waals surface area (Å²) in [5.74, 6) is 0.923. The molecule has 2 aromatic rings. The molecule has 1 fully saturated rings. The van der Waals surface area contributed by atoms with Crippen molar-refractivity contribution in [2.75, 3.05) is 44.2 Å². The Morgan fingerprint density at radius 2 is 1.63 bits per heavy atom. The Morgan fingerprint density at radius 3 is 2.26 bits per heavy atom. The zero-order valence-electron chi connectivity index (χ0n) is 16.5. The summed E-state index contributed by atoms with van der Waals surface area (Å²) in [7, 11) is 0. The summed E-state index contributed by atoms with van der Waals surface area (Å²) in [6.45, 7) is 10.4. The van der Waals surface area contributed by atoms with Gasteiger partial charge in [0.15, 0.2) is 0 Å². The van der Waals surface area contributed by atoms with Crippen LogP contribution >= 0.6 is 0 Å². The summed E-state index contributed by atoms with van der Waals surface area (Å²) >= 11 is 0. The van der Waals surface area contributed by atoms with E-state index >= 15 is 0 Å². The van der Waals surface area contributed by atoms with E-state index in [9.17, 15) is 4.79 Å². The number of urea groups is 1. The molecule has 1 aliphatic rings. The Labute approximate surface area is 161 Å². The van der Waals surface area contributed by atoms with E-state index in [-0.39, 0.29) is 6.03 Å². The van der Waals surface area contributed by atoms with Gasteiger partial charge in [-0.15, -0.1) is 0 Å². The largest absolute Gasteiger partial charge is 0.491 e. The number of rotatable bonds is 5. The highest BCUT2D eigenvalue weighted by molar-refractivity contribution is 5.74. The van der Waals surface area contributed by atoms with Crippen LogP contribution < -0.4 is 15.0 Å². The van der Waals surface area contributed by atoms with Gasteiger partial charge in [-0.25, -0.2) is 4.79 Å². The number of para-hydroxylation sites is 1. The smallest absolute Gasteiger partial charge is 0.317 e. The molecule has 1 saturated heterocycles. The normalized spacial score (nSPS) is 14.2. The number of carbonyl (C=O) groups is 1. The summed E-state index contributed by atoms with van der Waals surface area (Å²) in [6.07, 6.45) is 0. The number of carbonyl (C=O) groups excluding carboxylic acids is 1. The number of nitrogens with one attached hydrogen (secondary N) is 1. The first-order valence-electron chi connectivity index (χ1n) is 9.58. The highest BCUT2D eigenvalue weighted by Gasteiger charge is 2.20. The fourth-order valence-corrected chi connectivity index (χ4v) is 3.62. The first kappa shape index (κ1) is 19.1. The summed E-state index contributed by atoms with van der Waals surface area (Å²) in [5.41, 5.74) is 4.72. The highest BCUT2D eigenvalue weighted by Crippen LogP contribution is 2.24. The number of anilines is 1. The van der Waals surface area contributed by atoms with E-state index in [4.69, 9.17) is 4.74 Å². The van der Waals surface area contributed by atoms with Crippen molar-refractivity contribution in [1.29, 1.82) is 0 Å². The second kappa shape index (κ2) is 8.80. The molecule has 0 bridgehead atoms. The third-order valence-corrected chi connectivity index (χ3v) is 4.92. The fourth-order valence-electron chi connectivity index (χ4n) is 3.62. The van der Waals surface area contributed by atoms with Crippen LogP contribution in [-0.4, -0.2) is 50.3 Å². The number of aryl methyl sites for hydroxylation is 3. The first-order valence-corrected chi connectivity index (χ1v) is 9.58. The van der Waals surface area contributed by atoms with Crippen molar-refractivity contribution >= 4 is 11.7 Å². The van der Waals surface area contributed by atoms with Gasteiger partial charge in [0, 0.05) is 31.9 Å². The second-order valence-electron chi connectivity index (χ2n) is 7.12. The predicted molar refractivity (Wildman–Crippen MR) is 110 cm³/mol. The molecule has 0 spiro atoms. The summed E-state index contributed by atoms with van der Waals surface area (Å²) in [5, 5.41) is 2.97. The summed E-state index contributed by atoms with van der Waals surface area (Å²) < 4.78 is 5.89. The first-order chi connectivity index (χ1) is 13.0. The standard InChI is InChI=1S/C22H29N3O2/c1-17-15-18(2)21(19(3)16-17)27-14-9-23-22(26)25-12-10-24(11-13-25)20-7-5-4-6-8-20/h4-8,15-16H,9-14H2,1-3H3,(H,23,26). The van der Waals surface area contributed by atoms with E-state index in [2.05, 4.69) is 55.3 Å². The SMILES string of the molecule is Cc1cc(C)c(OCCNC(=O)N2CCN(c3ccccc3)CC2)c(C)c1. The van der Waals surface area contributed by atoms with E-state index < -0.39 is 0 Å². The van der Waals surface area contributed by atoms with Crippen molar-refractivity contribution in [2.45, 2.75) is 20.8 Å². The molecule has 0 atom stereocenters. The van der Waals surface area contributed by atoms with Gasteiger partial charge in [-0.2, -0.15) is 0 Å². The summed E-state index contributed by atoms with van der Waals surface area (Å²) in [4.78, 5) is 16.6. The highest BCUT2D eigenvalue weighted by atomic mass is 16.5. The lowest BCUT2D eigenvalue weighted by Crippen LogP contribution is -2.52. The van der Waals surface area contributed by atoms with Crippen LogP contribution in [0.25, 0.3) is 0 Å². The van der Waals surface area contributed by atoms with Crippen molar-refractivity contribution < 1.29 is 9.53 Å². The van der Waals surface area contributed by atoms with Crippen LogP contribution in [0.2, 0.25) is 0 Å². The Hall–Kier alpha value is -2.69. The van der Waals surface area contributed by atoms with E-state index in [0.717, 1.165) is 43.1 Å². The number of ether oxygens (including phenoxy) is 1. The van der Waals surface area contributed by atoms with Gasteiger partial charge in [0.05, 0.1) is 6.54 Å². The minimum Gasteiger partial charge on any atom is -0.491 e. The monoisotopic (exact) mass is 367 g/mol. The molecular formula is C22H29N3O2. The van der Waals surface area contributed by atoms with E-state index in [1.807, 2.05) is 23.1 Å². The Kier molecular flexibility index (Phi) is 6.22. The van der Waals surface area contributed by atoms with Crippen LogP contribution in [0.1, 0.15) is 16.7 Å². The van der Waals surface area contributed by atoms with Crippen molar-refractivity contribution in [1.82, 2.24) is 10.2 Å². The Balaban J connectivity index is 1.40. The number of hydrogen-bond donors (Lipinski definition) is 1. The minimum atomic E-state index is -0.0105. The molecule has 1 aliphatic heterocycles. The van der Waals surface area contributed by atoms with Crippen molar-refractivity contribution in [3.05, 3.63) is 59.2 Å². The third-order valence-electron chi connectivity index (χ3n) is 4.92. The fraction of sp³-hybridized carbons (Fsp3) is 0.409. The molecule has 2 amide bonds. The van der Waals surface area contributed by atoms with Crippen molar-refractivity contribution in [2.24, 2.45) is 0 Å². The molecular weight excluding hydrogens is 338 g/mol. The van der Waals surface area contributed by atoms with Gasteiger partial charge in [0.25, 0.3) is 0 Å². The second-order valence-corrected chi connectivity index (χ2v) is 7.12. The molecule has 5 heteroatoms. The molecule has 3 rings (SSSR count). The van der Waals surface area contributed by atoms with Gasteiger partial charge >= 0.3 is 6.03 Å². The minimum absolute atomic E-state index is 0.0105. The lowest BCUT2D eigenvalue weighted by atomic mass is 10.1. The predicted octanol–water partition coefficient (Wildman–Crippen LogP) is 3.52. The molecule has 0 aromatic heterocycles. The molecule has 144 valence electrons. The number of amides is 2. The Bertz CT molecular complexity index is 745. The molecule has 0 aliphatic carbocycles. The molecule has 2 aromatic carbocycles. The van der Waals surface area contributed by atoms with Crippen LogP contribution in [-0.2, 0) is 0 Å². The van der Waals surface area contributed by atoms with E-state index in [1.165, 1.54) is 11.3 Å². The zero-order chi connectivity index (χ0) is 19.2. The van der Waals surface area contributed by atoms with Crippen molar-refractivity contribution in [3.63, 3.8) is 0 Å². The molecule has 0 radical (unpaired) electrons. The van der Waals surface area contributed by atoms with Gasteiger partial charge < -0.3 is 19.9 Å². The lowest BCUT2D eigenvalue weighted by Gasteiger charge is -2.36. The maximum Gasteiger partial charge on any atom is 0.317 e. The third kappa shape index (κ3) is 4.94. The van der Waals surface area contributed by atoms with Gasteiger partial charge in [0.2, 0.25) is 0 Å². The van der Waals surface area contributed by atoms with Crippen molar-refractivity contribution in [3.8, 4) is 5.75 Å². The number of hydrogen-bond acceptors (Lipinski definition) is 3. The van der Waals surface area contributed by atoms with Gasteiger partial charge in [0.1, 0.15) is 12.4 Å². The molecule has 27 heavy (non-hydrogen) atoms. The average Bonchev–Trinajstić information content (AvgIpc) is 2.67. The number of piperazine rings is 1. The Morgan fingerprint density at radius 1 is 1.00 bits per heavy atom. The van der Waals surface area contributed by atoms with E-state index in [1.54, 1.807) is 0 Å². The average molecular weight is 367 g/mol. The van der Waals surface area contributed by atoms with E-state index in [0.29, 0.717) is 13.2 Å². The molecule has 1 N–H and O–H groups in total. The molecule has 5 nitrogen and oxygen atoms in total. The summed E-state index contributed by atoms with van der Waals surface area (Å²) in [6, 6.07) is 14.6. The van der Waals surface area contributed by atoms with Crippen LogP contribution in [0.15, 0.2) is 42.5 Å². The van der Waals surface area contributed by atoms with Crippen LogP contribution in [0.5, 0.6) is 5.75 Å². The maximum absolute atomic E-state index is 12.4. The van der Waals surface area contributed by atoms with Crippen LogP contribution in [0.3, 0.4) is 0 Å². The number of nitrogens with zero attached hydrogens (tertiary/aromatic N) is 2. The lowest BCUT2D eigenvalue weighted by molar-refractivity contribution is 0.191. The molecule has 1 heterocycles. The quantitative estimate of drug-likeness (QED) is 0.823. The van der Waals surface area contributed by atoms with Gasteiger partial charge in [-0.05, 0) is 44.0 Å². The topological polar surface area (TPSA) is 44.8 Å². The maximum atomic E-state index is 12.4.